The van der Waals surface area contributed by atoms with E-state index in [0.717, 1.165) is 31.6 Å². The third-order valence-corrected chi connectivity index (χ3v) is 4.72. The number of aromatic nitrogens is 2. The van der Waals surface area contributed by atoms with Crippen molar-refractivity contribution < 1.29 is 4.79 Å². The van der Waals surface area contributed by atoms with Crippen LogP contribution in [-0.2, 0) is 11.3 Å². The maximum atomic E-state index is 12.4. The average Bonchev–Trinajstić information content (AvgIpc) is 2.53. The molecule has 1 aromatic carbocycles. The van der Waals surface area contributed by atoms with Crippen LogP contribution in [0.25, 0.3) is 10.9 Å². The number of benzene rings is 1. The molecule has 0 saturated heterocycles. The van der Waals surface area contributed by atoms with Gasteiger partial charge in [-0.25, -0.2) is 4.98 Å². The molecule has 23 heavy (non-hydrogen) atoms. The lowest BCUT2D eigenvalue weighted by atomic mass is 9.87. The summed E-state index contributed by atoms with van der Waals surface area (Å²) in [6.07, 6.45) is 5.71. The number of carbonyl (C=O) groups is 1. The minimum absolute atomic E-state index is 0.0136. The van der Waals surface area contributed by atoms with Crippen molar-refractivity contribution in [3.05, 3.63) is 39.9 Å². The van der Waals surface area contributed by atoms with Crippen molar-refractivity contribution >= 4 is 28.4 Å². The van der Waals surface area contributed by atoms with Crippen LogP contribution in [0, 0.1) is 5.92 Å². The summed E-state index contributed by atoms with van der Waals surface area (Å²) in [6, 6.07) is 5.20. The number of halogens is 1. The molecule has 3 rings (SSSR count). The lowest BCUT2D eigenvalue weighted by Crippen LogP contribution is -2.40. The van der Waals surface area contributed by atoms with Gasteiger partial charge in [-0.15, -0.1) is 0 Å². The molecule has 2 aromatic rings. The highest BCUT2D eigenvalue weighted by molar-refractivity contribution is 6.31. The second-order valence-electron chi connectivity index (χ2n) is 6.36. The highest BCUT2D eigenvalue weighted by Gasteiger charge is 2.20. The molecule has 0 radical (unpaired) electrons. The zero-order chi connectivity index (χ0) is 16.4. The monoisotopic (exact) mass is 333 g/mol. The first-order chi connectivity index (χ1) is 11.0. The molecule has 1 aliphatic carbocycles. The zero-order valence-electron chi connectivity index (χ0n) is 13.1. The lowest BCUT2D eigenvalue weighted by molar-refractivity contribution is -0.122. The third-order valence-electron chi connectivity index (χ3n) is 4.48. The Morgan fingerprint density at radius 3 is 2.83 bits per heavy atom. The van der Waals surface area contributed by atoms with Crippen molar-refractivity contribution in [2.75, 3.05) is 0 Å². The predicted octanol–water partition coefficient (Wildman–Crippen LogP) is 2.74. The molecule has 1 aliphatic rings. The molecular weight excluding hydrogens is 314 g/mol. The second kappa shape index (κ2) is 6.71. The number of hydrogen-bond donors (Lipinski definition) is 1. The van der Waals surface area contributed by atoms with E-state index < -0.39 is 0 Å². The van der Waals surface area contributed by atoms with Gasteiger partial charge in [0.2, 0.25) is 5.91 Å². The first-order valence-electron chi connectivity index (χ1n) is 7.97. The van der Waals surface area contributed by atoms with Gasteiger partial charge in [-0.05, 0) is 49.8 Å². The van der Waals surface area contributed by atoms with Crippen molar-refractivity contribution in [1.82, 2.24) is 14.9 Å². The Kier molecular flexibility index (Phi) is 4.66. The first-order valence-corrected chi connectivity index (χ1v) is 8.35. The van der Waals surface area contributed by atoms with Crippen LogP contribution in [0.3, 0.4) is 0 Å². The number of nitrogens with zero attached hydrogens (tertiary/aromatic N) is 2. The maximum absolute atomic E-state index is 12.4. The van der Waals surface area contributed by atoms with E-state index in [0.29, 0.717) is 15.9 Å². The van der Waals surface area contributed by atoms with Crippen LogP contribution in [0.5, 0.6) is 0 Å². The molecule has 0 atom stereocenters. The summed E-state index contributed by atoms with van der Waals surface area (Å²) in [5, 5.41) is 3.93. The number of rotatable bonds is 3. The van der Waals surface area contributed by atoms with Gasteiger partial charge >= 0.3 is 0 Å². The summed E-state index contributed by atoms with van der Waals surface area (Å²) in [6.45, 7) is 2.23. The molecule has 1 aromatic heterocycles. The highest BCUT2D eigenvalue weighted by Crippen LogP contribution is 2.23. The Hall–Kier alpha value is -1.88. The van der Waals surface area contributed by atoms with Crippen LogP contribution in [0.1, 0.15) is 32.6 Å². The fourth-order valence-electron chi connectivity index (χ4n) is 3.08. The van der Waals surface area contributed by atoms with Gasteiger partial charge < -0.3 is 5.32 Å². The summed E-state index contributed by atoms with van der Waals surface area (Å²) in [5.74, 6) is 0.593. The van der Waals surface area contributed by atoms with Crippen LogP contribution < -0.4 is 10.9 Å². The van der Waals surface area contributed by atoms with E-state index >= 15 is 0 Å². The molecule has 0 unspecified atom stereocenters. The van der Waals surface area contributed by atoms with Crippen LogP contribution in [0.4, 0.5) is 0 Å². The van der Waals surface area contributed by atoms with Gasteiger partial charge in [0.1, 0.15) is 6.54 Å². The highest BCUT2D eigenvalue weighted by atomic mass is 35.5. The normalized spacial score (nSPS) is 21.3. The fraction of sp³-hybridized carbons (Fsp3) is 0.471. The Morgan fingerprint density at radius 1 is 1.35 bits per heavy atom. The Balaban J connectivity index is 1.72. The fourth-order valence-corrected chi connectivity index (χ4v) is 3.25. The van der Waals surface area contributed by atoms with Gasteiger partial charge in [0.05, 0.1) is 17.2 Å². The number of fused-ring (bicyclic) bond motifs is 1. The molecule has 6 heteroatoms. The van der Waals surface area contributed by atoms with Gasteiger partial charge in [0.25, 0.3) is 5.56 Å². The van der Waals surface area contributed by atoms with Crippen molar-refractivity contribution in [3.8, 4) is 0 Å². The molecule has 122 valence electrons. The van der Waals surface area contributed by atoms with Gasteiger partial charge in [-0.2, -0.15) is 0 Å². The largest absolute Gasteiger partial charge is 0.352 e. The Morgan fingerprint density at radius 2 is 2.09 bits per heavy atom. The summed E-state index contributed by atoms with van der Waals surface area (Å²) >= 11 is 5.93. The van der Waals surface area contributed by atoms with Gasteiger partial charge in [-0.1, -0.05) is 18.5 Å². The number of amides is 1. The van der Waals surface area contributed by atoms with Crippen LogP contribution in [0.2, 0.25) is 5.02 Å². The molecule has 0 aliphatic heterocycles. The molecule has 1 heterocycles. The molecule has 1 saturated carbocycles. The van der Waals surface area contributed by atoms with E-state index in [1.54, 1.807) is 18.2 Å². The molecule has 5 nitrogen and oxygen atoms in total. The van der Waals surface area contributed by atoms with Crippen molar-refractivity contribution in [3.63, 3.8) is 0 Å². The molecule has 1 N–H and O–H groups in total. The van der Waals surface area contributed by atoms with Crippen LogP contribution >= 0.6 is 11.6 Å². The van der Waals surface area contributed by atoms with E-state index in [1.807, 2.05) is 0 Å². The molecule has 1 fully saturated rings. The second-order valence-corrected chi connectivity index (χ2v) is 6.80. The van der Waals surface area contributed by atoms with Crippen LogP contribution in [0.15, 0.2) is 29.3 Å². The number of carbonyl (C=O) groups excluding carboxylic acids is 1. The van der Waals surface area contributed by atoms with Crippen LogP contribution in [-0.4, -0.2) is 21.5 Å². The summed E-state index contributed by atoms with van der Waals surface area (Å²) < 4.78 is 1.33. The minimum Gasteiger partial charge on any atom is -0.352 e. The summed E-state index contributed by atoms with van der Waals surface area (Å²) in [4.78, 5) is 28.8. The van der Waals surface area contributed by atoms with Crippen molar-refractivity contribution in [2.45, 2.75) is 45.2 Å². The first kappa shape index (κ1) is 16.0. The average molecular weight is 334 g/mol. The third kappa shape index (κ3) is 3.72. The summed E-state index contributed by atoms with van der Waals surface area (Å²) in [7, 11) is 0. The maximum Gasteiger partial charge on any atom is 0.261 e. The lowest BCUT2D eigenvalue weighted by Gasteiger charge is -2.26. The van der Waals surface area contributed by atoms with Crippen molar-refractivity contribution in [2.24, 2.45) is 5.92 Å². The van der Waals surface area contributed by atoms with Crippen molar-refractivity contribution in [1.29, 1.82) is 0 Å². The minimum atomic E-state index is -0.245. The number of hydrogen-bond acceptors (Lipinski definition) is 3. The van der Waals surface area contributed by atoms with E-state index in [-0.39, 0.29) is 24.1 Å². The van der Waals surface area contributed by atoms with E-state index in [4.69, 9.17) is 11.6 Å². The smallest absolute Gasteiger partial charge is 0.261 e. The molecular formula is C17H20ClN3O2. The Bertz CT molecular complexity index is 779. The van der Waals surface area contributed by atoms with E-state index in [9.17, 15) is 9.59 Å². The zero-order valence-corrected chi connectivity index (χ0v) is 13.8. The van der Waals surface area contributed by atoms with E-state index in [2.05, 4.69) is 17.2 Å². The molecule has 0 spiro atoms. The molecule has 0 bridgehead atoms. The quantitative estimate of drug-likeness (QED) is 0.939. The number of nitrogens with one attached hydrogen (secondary N) is 1. The van der Waals surface area contributed by atoms with Gasteiger partial charge in [0, 0.05) is 11.1 Å². The predicted molar refractivity (Wildman–Crippen MR) is 90.6 cm³/mol. The topological polar surface area (TPSA) is 64.0 Å². The van der Waals surface area contributed by atoms with E-state index in [1.165, 1.54) is 10.9 Å². The summed E-state index contributed by atoms with van der Waals surface area (Å²) in [5.41, 5.74) is 0.335. The standard InChI is InChI=1S/C17H20ClN3O2/c1-11-2-5-13(6-3-11)20-16(22)9-21-10-19-15-7-4-12(18)8-14(15)17(21)23/h4,7-8,10-11,13H,2-3,5-6,9H2,1H3,(H,20,22). The SMILES string of the molecule is CC1CCC(NC(=O)Cn2cnc3ccc(Cl)cc3c2=O)CC1. The van der Waals surface area contributed by atoms with Gasteiger partial charge in [-0.3, -0.25) is 14.2 Å². The molecule has 1 amide bonds. The van der Waals surface area contributed by atoms with Gasteiger partial charge in [0.15, 0.2) is 0 Å². The Labute approximate surface area is 139 Å².